The monoisotopic (exact) mass is 490 g/mol. The van der Waals surface area contributed by atoms with Crippen molar-refractivity contribution in [2.45, 2.75) is 31.4 Å². The summed E-state index contributed by atoms with van der Waals surface area (Å²) in [6.07, 6.45) is 1.53. The van der Waals surface area contributed by atoms with Gasteiger partial charge in [0.05, 0.1) is 30.1 Å². The molecule has 5 rings (SSSR count). The Hall–Kier alpha value is -2.89. The molecular formula is C23H24F2N4O4S. The Morgan fingerprint density at radius 3 is 2.74 bits per heavy atom. The molecule has 2 saturated heterocycles. The lowest BCUT2D eigenvalue weighted by Gasteiger charge is -2.20. The summed E-state index contributed by atoms with van der Waals surface area (Å²) in [5, 5.41) is 3.94. The number of anilines is 2. The predicted molar refractivity (Wildman–Crippen MR) is 125 cm³/mol. The summed E-state index contributed by atoms with van der Waals surface area (Å²) >= 11 is 0. The van der Waals surface area contributed by atoms with Crippen molar-refractivity contribution in [2.75, 3.05) is 31.0 Å². The van der Waals surface area contributed by atoms with Crippen LogP contribution in [-0.4, -0.2) is 64.4 Å². The van der Waals surface area contributed by atoms with Crippen LogP contribution in [0.3, 0.4) is 0 Å². The predicted octanol–water partition coefficient (Wildman–Crippen LogP) is 4.06. The molecule has 2 aromatic carbocycles. The molecule has 0 saturated carbocycles. The molecule has 0 bridgehead atoms. The first-order chi connectivity index (χ1) is 16.2. The summed E-state index contributed by atoms with van der Waals surface area (Å²) in [4.78, 5) is 8.70. The fraction of sp³-hybridized carbons (Fsp3) is 0.391. The minimum Gasteiger partial charge on any atom is -0.483 e. The van der Waals surface area contributed by atoms with Gasteiger partial charge in [-0.3, -0.25) is 0 Å². The summed E-state index contributed by atoms with van der Waals surface area (Å²) in [7, 11) is -2.33. The number of rotatable bonds is 5. The van der Waals surface area contributed by atoms with Crippen LogP contribution in [0, 0.1) is 12.7 Å². The van der Waals surface area contributed by atoms with E-state index in [-0.39, 0.29) is 19.0 Å². The van der Waals surface area contributed by atoms with Gasteiger partial charge in [0.2, 0.25) is 0 Å². The Morgan fingerprint density at radius 1 is 1.15 bits per heavy atom. The number of benzene rings is 2. The molecule has 0 unspecified atom stereocenters. The van der Waals surface area contributed by atoms with Crippen LogP contribution in [0.1, 0.15) is 5.56 Å². The lowest BCUT2D eigenvalue weighted by atomic mass is 10.1. The second-order valence-corrected chi connectivity index (χ2v) is 11.2. The molecule has 34 heavy (non-hydrogen) atoms. The van der Waals surface area contributed by atoms with Crippen molar-refractivity contribution >= 4 is 37.8 Å². The van der Waals surface area contributed by atoms with Crippen LogP contribution in [0.25, 0.3) is 10.9 Å². The Balaban J connectivity index is 1.48. The van der Waals surface area contributed by atoms with Gasteiger partial charge < -0.3 is 19.5 Å². The van der Waals surface area contributed by atoms with Crippen LogP contribution in [-0.2, 0) is 19.2 Å². The van der Waals surface area contributed by atoms with Gasteiger partial charge in [-0.1, -0.05) is 0 Å². The fourth-order valence-electron chi connectivity index (χ4n) is 4.28. The van der Waals surface area contributed by atoms with Crippen molar-refractivity contribution in [2.24, 2.45) is 4.36 Å². The number of halogens is 2. The van der Waals surface area contributed by atoms with Gasteiger partial charge >= 0.3 is 0 Å². The normalized spacial score (nSPS) is 24.3. The number of hydrogen-bond donors (Lipinski definition) is 1. The van der Waals surface area contributed by atoms with E-state index in [2.05, 4.69) is 19.6 Å². The van der Waals surface area contributed by atoms with E-state index < -0.39 is 40.0 Å². The molecule has 4 atom stereocenters. The Morgan fingerprint density at radius 2 is 1.94 bits per heavy atom. The maximum absolute atomic E-state index is 14.1. The van der Waals surface area contributed by atoms with Crippen molar-refractivity contribution in [3.63, 3.8) is 0 Å². The molecule has 2 aliphatic rings. The van der Waals surface area contributed by atoms with E-state index in [4.69, 9.17) is 14.2 Å². The average Bonchev–Trinajstić information content (AvgIpc) is 3.32. The molecule has 0 amide bonds. The molecule has 2 fully saturated rings. The van der Waals surface area contributed by atoms with Crippen molar-refractivity contribution in [1.82, 2.24) is 9.97 Å². The molecule has 1 N–H and O–H groups in total. The number of fused-ring (bicyclic) bond motifs is 2. The van der Waals surface area contributed by atoms with Gasteiger partial charge in [0.1, 0.15) is 35.9 Å². The zero-order valence-corrected chi connectivity index (χ0v) is 19.6. The molecular weight excluding hydrogens is 466 g/mol. The first kappa shape index (κ1) is 22.9. The van der Waals surface area contributed by atoms with Crippen LogP contribution < -0.4 is 10.1 Å². The number of nitrogens with one attached hydrogen (secondary N) is 1. The van der Waals surface area contributed by atoms with E-state index in [0.717, 1.165) is 10.9 Å². The summed E-state index contributed by atoms with van der Waals surface area (Å²) in [5.41, 5.74) is 2.48. The van der Waals surface area contributed by atoms with E-state index in [1.54, 1.807) is 24.6 Å². The van der Waals surface area contributed by atoms with Crippen molar-refractivity contribution in [3.8, 4) is 5.75 Å². The molecule has 2 aliphatic heterocycles. The van der Waals surface area contributed by atoms with E-state index >= 15 is 0 Å². The highest BCUT2D eigenvalue weighted by atomic mass is 32.2. The lowest BCUT2D eigenvalue weighted by Crippen LogP contribution is -2.34. The van der Waals surface area contributed by atoms with E-state index in [1.165, 1.54) is 18.5 Å². The summed E-state index contributed by atoms with van der Waals surface area (Å²) in [5.74, 6) is 0.234. The van der Waals surface area contributed by atoms with Crippen LogP contribution in [0.2, 0.25) is 0 Å². The van der Waals surface area contributed by atoms with Crippen LogP contribution in [0.5, 0.6) is 5.75 Å². The third-order valence-corrected chi connectivity index (χ3v) is 6.32. The van der Waals surface area contributed by atoms with Gasteiger partial charge in [0.15, 0.2) is 12.3 Å². The SMILES string of the molecule is Cc1cc(N=S(C)(C)=O)cc2ncnc(Nc3ccc(F)cc3O[C@@H]3CO[C@H]4[C@@H]3OC[C@@H]4F)c12. The zero-order chi connectivity index (χ0) is 24.0. The van der Waals surface area contributed by atoms with Gasteiger partial charge in [-0.25, -0.2) is 23.0 Å². The smallest absolute Gasteiger partial charge is 0.152 e. The second kappa shape index (κ2) is 8.71. The highest BCUT2D eigenvalue weighted by Gasteiger charge is 2.49. The maximum Gasteiger partial charge on any atom is 0.152 e. The lowest BCUT2D eigenvalue weighted by molar-refractivity contribution is 0.0283. The average molecular weight is 491 g/mol. The number of nitrogens with zero attached hydrogens (tertiary/aromatic N) is 3. The van der Waals surface area contributed by atoms with Crippen LogP contribution in [0.15, 0.2) is 41.0 Å². The Kier molecular flexibility index (Phi) is 5.86. The van der Waals surface area contributed by atoms with E-state index in [0.29, 0.717) is 22.7 Å². The van der Waals surface area contributed by atoms with Crippen molar-refractivity contribution in [1.29, 1.82) is 0 Å². The first-order valence-electron chi connectivity index (χ1n) is 10.7. The number of aryl methyl sites for hydroxylation is 1. The van der Waals surface area contributed by atoms with Crippen molar-refractivity contribution < 1.29 is 27.2 Å². The number of alkyl halides is 1. The Bertz CT molecular complexity index is 1370. The third kappa shape index (κ3) is 4.55. The molecule has 0 radical (unpaired) electrons. The van der Waals surface area contributed by atoms with Gasteiger partial charge in [-0.05, 0) is 36.8 Å². The standard InChI is InChI=1S/C23H24F2N4O4S/c1-12-6-14(29-34(2,3)30)8-17-20(12)23(27-11-26-17)28-16-5-4-13(24)7-18(16)33-19-10-32-21-15(25)9-31-22(19)21/h4-8,11,15,19,21-22H,9-10H2,1-3H3,(H,26,27,28)/t15-,19+,21+,22+/m0/s1. The molecule has 3 heterocycles. The number of hydrogen-bond acceptors (Lipinski definition) is 8. The molecule has 0 spiro atoms. The summed E-state index contributed by atoms with van der Waals surface area (Å²) < 4.78 is 61.4. The maximum atomic E-state index is 14.1. The molecule has 3 aromatic rings. The number of aromatic nitrogens is 2. The van der Waals surface area contributed by atoms with Crippen LogP contribution >= 0.6 is 0 Å². The van der Waals surface area contributed by atoms with Crippen molar-refractivity contribution in [3.05, 3.63) is 48.0 Å². The van der Waals surface area contributed by atoms with Gasteiger partial charge in [-0.2, -0.15) is 4.36 Å². The third-order valence-electron chi connectivity index (χ3n) is 5.67. The highest BCUT2D eigenvalue weighted by Crippen LogP contribution is 2.37. The van der Waals surface area contributed by atoms with E-state index in [1.807, 2.05) is 13.0 Å². The minimum atomic E-state index is -2.33. The van der Waals surface area contributed by atoms with E-state index in [9.17, 15) is 13.0 Å². The molecule has 0 aliphatic carbocycles. The molecule has 180 valence electrons. The second-order valence-electron chi connectivity index (χ2n) is 8.69. The molecule has 8 nitrogen and oxygen atoms in total. The van der Waals surface area contributed by atoms with Gasteiger partial charge in [0.25, 0.3) is 0 Å². The highest BCUT2D eigenvalue weighted by molar-refractivity contribution is 7.92. The first-order valence-corrected chi connectivity index (χ1v) is 13.0. The zero-order valence-electron chi connectivity index (χ0n) is 18.8. The topological polar surface area (TPSA) is 94.9 Å². The molecule has 11 heteroatoms. The van der Waals surface area contributed by atoms with Crippen LogP contribution in [0.4, 0.5) is 26.0 Å². The fourth-order valence-corrected chi connectivity index (χ4v) is 4.89. The summed E-state index contributed by atoms with van der Waals surface area (Å²) in [6.45, 7) is 1.98. The van der Waals surface area contributed by atoms with Gasteiger partial charge in [0, 0.05) is 33.7 Å². The molecule has 1 aromatic heterocycles. The quantitative estimate of drug-likeness (QED) is 0.576. The largest absolute Gasteiger partial charge is 0.483 e. The summed E-state index contributed by atoms with van der Waals surface area (Å²) in [6, 6.07) is 7.65. The number of ether oxygens (including phenoxy) is 3. The van der Waals surface area contributed by atoms with Gasteiger partial charge in [-0.15, -0.1) is 0 Å². The Labute approximate surface area is 195 Å². The minimum absolute atomic E-state index is 0.0467.